The van der Waals surface area contributed by atoms with Crippen LogP contribution in [0, 0.1) is 6.92 Å². The lowest BCUT2D eigenvalue weighted by molar-refractivity contribution is 0.966. The second-order valence-corrected chi connectivity index (χ2v) is 4.12. The molecule has 0 spiro atoms. The Hall–Kier alpha value is -0.960. The van der Waals surface area contributed by atoms with Gasteiger partial charge in [0.05, 0.1) is 5.52 Å². The van der Waals surface area contributed by atoms with Gasteiger partial charge in [0.1, 0.15) is 0 Å². The lowest BCUT2D eigenvalue weighted by Crippen LogP contribution is -1.92. The van der Waals surface area contributed by atoms with Crippen molar-refractivity contribution in [3.8, 4) is 0 Å². The van der Waals surface area contributed by atoms with E-state index in [1.807, 2.05) is 26.2 Å². The van der Waals surface area contributed by atoms with Gasteiger partial charge >= 0.3 is 0 Å². The summed E-state index contributed by atoms with van der Waals surface area (Å²) in [6, 6.07) is 4.05. The largest absolute Gasteiger partial charge is 0.398 e. The molecule has 0 bridgehead atoms. The van der Waals surface area contributed by atoms with Gasteiger partial charge in [-0.3, -0.25) is 0 Å². The number of nitrogens with two attached hydrogens (primary N) is 1. The Morgan fingerprint density at radius 1 is 1.46 bits per heavy atom. The summed E-state index contributed by atoms with van der Waals surface area (Å²) in [5, 5.41) is 1.22. The van der Waals surface area contributed by atoms with Crippen LogP contribution >= 0.6 is 15.9 Å². The fourth-order valence-electron chi connectivity index (χ4n) is 1.60. The van der Waals surface area contributed by atoms with E-state index < -0.39 is 0 Å². The topological polar surface area (TPSA) is 30.9 Å². The summed E-state index contributed by atoms with van der Waals surface area (Å²) in [6.45, 7) is 2.05. The minimum Gasteiger partial charge on any atom is -0.398 e. The van der Waals surface area contributed by atoms with Crippen LogP contribution in [0.5, 0.6) is 0 Å². The van der Waals surface area contributed by atoms with E-state index in [2.05, 4.69) is 26.6 Å². The average Bonchev–Trinajstić information content (AvgIpc) is 2.44. The van der Waals surface area contributed by atoms with E-state index in [0.29, 0.717) is 0 Å². The molecule has 0 unspecified atom stereocenters. The van der Waals surface area contributed by atoms with Crippen molar-refractivity contribution in [2.75, 3.05) is 5.73 Å². The molecular weight excluding hydrogens is 228 g/mol. The van der Waals surface area contributed by atoms with Crippen molar-refractivity contribution in [3.05, 3.63) is 28.4 Å². The Morgan fingerprint density at radius 3 is 2.85 bits per heavy atom. The van der Waals surface area contributed by atoms with Crippen molar-refractivity contribution < 1.29 is 0 Å². The molecule has 0 amide bonds. The number of nitrogen functional groups attached to an aromatic ring is 1. The number of halogens is 1. The van der Waals surface area contributed by atoms with Crippen LogP contribution in [0.1, 0.15) is 5.56 Å². The first-order chi connectivity index (χ1) is 6.11. The first kappa shape index (κ1) is 8.63. The third-order valence-corrected chi connectivity index (χ3v) is 3.02. The molecule has 1 heterocycles. The van der Waals surface area contributed by atoms with Crippen LogP contribution in [-0.2, 0) is 7.05 Å². The number of hydrogen-bond donors (Lipinski definition) is 1. The number of aryl methyl sites for hydroxylation is 2. The molecule has 2 N–H and O–H groups in total. The standard InChI is InChI=1S/C10H11BrN2/c1-6-7-3-4-13(2)10(7)8(11)5-9(6)12/h3-5H,12H2,1-2H3. The van der Waals surface area contributed by atoms with Crippen molar-refractivity contribution >= 4 is 32.5 Å². The van der Waals surface area contributed by atoms with Gasteiger partial charge in [-0.25, -0.2) is 0 Å². The highest BCUT2D eigenvalue weighted by molar-refractivity contribution is 9.10. The minimum absolute atomic E-state index is 0.838. The Kier molecular flexibility index (Phi) is 1.84. The molecule has 1 aromatic heterocycles. The van der Waals surface area contributed by atoms with E-state index in [0.717, 1.165) is 15.7 Å². The summed E-state index contributed by atoms with van der Waals surface area (Å²) in [4.78, 5) is 0. The SMILES string of the molecule is Cc1c(N)cc(Br)c2c1ccn2C. The fourth-order valence-corrected chi connectivity index (χ4v) is 2.34. The van der Waals surface area contributed by atoms with Gasteiger partial charge in [0.25, 0.3) is 0 Å². The van der Waals surface area contributed by atoms with E-state index in [1.165, 1.54) is 10.9 Å². The molecule has 0 fully saturated rings. The molecule has 2 nitrogen and oxygen atoms in total. The van der Waals surface area contributed by atoms with Crippen LogP contribution < -0.4 is 5.73 Å². The molecule has 0 radical (unpaired) electrons. The van der Waals surface area contributed by atoms with E-state index in [-0.39, 0.29) is 0 Å². The Bertz CT molecular complexity index is 471. The second-order valence-electron chi connectivity index (χ2n) is 3.26. The number of anilines is 1. The lowest BCUT2D eigenvalue weighted by Gasteiger charge is -2.05. The van der Waals surface area contributed by atoms with Crippen molar-refractivity contribution in [1.82, 2.24) is 4.57 Å². The Morgan fingerprint density at radius 2 is 2.15 bits per heavy atom. The fraction of sp³-hybridized carbons (Fsp3) is 0.200. The van der Waals surface area contributed by atoms with Gasteiger partial charge in [0, 0.05) is 28.8 Å². The van der Waals surface area contributed by atoms with Gasteiger partial charge in [-0.2, -0.15) is 0 Å². The van der Waals surface area contributed by atoms with Gasteiger partial charge in [-0.1, -0.05) is 0 Å². The zero-order valence-corrected chi connectivity index (χ0v) is 9.22. The summed E-state index contributed by atoms with van der Waals surface area (Å²) in [5.41, 5.74) is 9.05. The van der Waals surface area contributed by atoms with Crippen LogP contribution in [0.25, 0.3) is 10.9 Å². The lowest BCUT2D eigenvalue weighted by atomic mass is 10.1. The first-order valence-electron chi connectivity index (χ1n) is 4.11. The van der Waals surface area contributed by atoms with Crippen LogP contribution in [0.2, 0.25) is 0 Å². The van der Waals surface area contributed by atoms with Gasteiger partial charge in [0.15, 0.2) is 0 Å². The smallest absolute Gasteiger partial charge is 0.0626 e. The summed E-state index contributed by atoms with van der Waals surface area (Å²) < 4.78 is 3.14. The molecule has 2 aromatic rings. The number of fused-ring (bicyclic) bond motifs is 1. The molecule has 0 aliphatic carbocycles. The van der Waals surface area contributed by atoms with Gasteiger partial charge < -0.3 is 10.3 Å². The van der Waals surface area contributed by atoms with E-state index in [9.17, 15) is 0 Å². The van der Waals surface area contributed by atoms with Crippen LogP contribution in [0.3, 0.4) is 0 Å². The number of rotatable bonds is 0. The number of nitrogens with zero attached hydrogens (tertiary/aromatic N) is 1. The summed E-state index contributed by atoms with van der Waals surface area (Å²) >= 11 is 3.51. The predicted molar refractivity (Wildman–Crippen MR) is 59.8 cm³/mol. The number of hydrogen-bond acceptors (Lipinski definition) is 1. The first-order valence-corrected chi connectivity index (χ1v) is 4.90. The molecular formula is C10H11BrN2. The maximum atomic E-state index is 5.86. The molecule has 2 rings (SSSR count). The normalized spacial score (nSPS) is 11.0. The molecule has 1 aromatic carbocycles. The maximum absolute atomic E-state index is 5.86. The average molecular weight is 239 g/mol. The second kappa shape index (κ2) is 2.77. The number of benzene rings is 1. The molecule has 13 heavy (non-hydrogen) atoms. The van der Waals surface area contributed by atoms with E-state index in [1.54, 1.807) is 0 Å². The zero-order chi connectivity index (χ0) is 9.59. The summed E-state index contributed by atoms with van der Waals surface area (Å²) in [5.74, 6) is 0. The highest BCUT2D eigenvalue weighted by Crippen LogP contribution is 2.31. The molecule has 0 atom stereocenters. The quantitative estimate of drug-likeness (QED) is 0.704. The summed E-state index contributed by atoms with van der Waals surface area (Å²) in [7, 11) is 2.03. The molecule has 68 valence electrons. The zero-order valence-electron chi connectivity index (χ0n) is 7.63. The van der Waals surface area contributed by atoms with Crippen molar-refractivity contribution in [2.45, 2.75) is 6.92 Å². The van der Waals surface area contributed by atoms with Gasteiger partial charge in [0.2, 0.25) is 0 Å². The van der Waals surface area contributed by atoms with Gasteiger partial charge in [-0.05, 0) is 40.5 Å². The van der Waals surface area contributed by atoms with Crippen LogP contribution in [0.4, 0.5) is 5.69 Å². The monoisotopic (exact) mass is 238 g/mol. The van der Waals surface area contributed by atoms with Crippen LogP contribution in [0.15, 0.2) is 22.8 Å². The molecule has 0 saturated carbocycles. The van der Waals surface area contributed by atoms with Crippen molar-refractivity contribution in [3.63, 3.8) is 0 Å². The molecule has 0 aliphatic heterocycles. The summed E-state index contributed by atoms with van der Waals surface area (Å²) in [6.07, 6.45) is 2.04. The van der Waals surface area contributed by atoms with Gasteiger partial charge in [-0.15, -0.1) is 0 Å². The highest BCUT2D eigenvalue weighted by Gasteiger charge is 2.07. The van der Waals surface area contributed by atoms with Crippen molar-refractivity contribution in [2.24, 2.45) is 7.05 Å². The third kappa shape index (κ3) is 1.15. The Labute approximate surface area is 85.5 Å². The predicted octanol–water partition coefficient (Wildman–Crippen LogP) is 2.83. The highest BCUT2D eigenvalue weighted by atomic mass is 79.9. The van der Waals surface area contributed by atoms with Crippen LogP contribution in [-0.4, -0.2) is 4.57 Å². The number of aromatic nitrogens is 1. The molecule has 0 aliphatic rings. The maximum Gasteiger partial charge on any atom is 0.0626 e. The van der Waals surface area contributed by atoms with Crippen molar-refractivity contribution in [1.29, 1.82) is 0 Å². The minimum atomic E-state index is 0.838. The van der Waals surface area contributed by atoms with E-state index >= 15 is 0 Å². The third-order valence-electron chi connectivity index (χ3n) is 2.42. The molecule has 3 heteroatoms. The Balaban J connectivity index is 2.99. The molecule has 0 saturated heterocycles. The van der Waals surface area contributed by atoms with E-state index in [4.69, 9.17) is 5.73 Å².